The van der Waals surface area contributed by atoms with Gasteiger partial charge in [0.1, 0.15) is 11.5 Å². The van der Waals surface area contributed by atoms with Crippen LogP contribution in [0.5, 0.6) is 11.5 Å². The van der Waals surface area contributed by atoms with Crippen LogP contribution in [0.25, 0.3) is 0 Å². The van der Waals surface area contributed by atoms with Crippen LogP contribution in [0.3, 0.4) is 0 Å². The van der Waals surface area contributed by atoms with Crippen molar-refractivity contribution in [3.05, 3.63) is 47.0 Å². The molecule has 2 aromatic carbocycles. The molecule has 3 rings (SSSR count). The average molecular weight is 298 g/mol. The molecule has 0 fully saturated rings. The van der Waals surface area contributed by atoms with Crippen LogP contribution in [0, 0.1) is 5.41 Å². The number of fused-ring (bicyclic) bond motifs is 1. The van der Waals surface area contributed by atoms with Gasteiger partial charge in [-0.15, -0.1) is 0 Å². The summed E-state index contributed by atoms with van der Waals surface area (Å²) >= 11 is 0. The largest absolute Gasteiger partial charge is 0.508 e. The first-order valence-corrected chi connectivity index (χ1v) is 6.84. The second-order valence-corrected chi connectivity index (χ2v) is 5.38. The molecular weight excluding hydrogens is 280 g/mol. The average Bonchev–Trinajstić information content (AvgIpc) is 2.76. The minimum Gasteiger partial charge on any atom is -0.508 e. The normalized spacial score (nSPS) is 20.0. The highest BCUT2D eigenvalue weighted by molar-refractivity contribution is 6.13. The Morgan fingerprint density at radius 1 is 1.14 bits per heavy atom. The molecule has 6 heteroatoms. The zero-order valence-electron chi connectivity index (χ0n) is 12.1. The number of ether oxygens (including phenoxy) is 1. The molecule has 1 aliphatic rings. The van der Waals surface area contributed by atoms with Crippen molar-refractivity contribution >= 4 is 17.1 Å². The lowest BCUT2D eigenvalue weighted by atomic mass is 9.90. The van der Waals surface area contributed by atoms with Crippen molar-refractivity contribution in [3.8, 4) is 11.5 Å². The second-order valence-electron chi connectivity index (χ2n) is 5.38. The molecule has 2 unspecified atom stereocenters. The molecule has 0 aromatic heterocycles. The van der Waals surface area contributed by atoms with Gasteiger partial charge in [-0.05, 0) is 18.2 Å². The van der Waals surface area contributed by atoms with E-state index in [1.165, 1.54) is 13.2 Å². The molecule has 1 aliphatic carbocycles. The summed E-state index contributed by atoms with van der Waals surface area (Å²) in [5.74, 6) is 0.155. The van der Waals surface area contributed by atoms with Crippen LogP contribution < -0.4 is 21.9 Å². The Hall–Kier alpha value is -2.73. The monoisotopic (exact) mass is 298 g/mol. The fraction of sp³-hybridized carbons (Fsp3) is 0.188. The van der Waals surface area contributed by atoms with Gasteiger partial charge >= 0.3 is 0 Å². The number of nitrogens with one attached hydrogen (secondary N) is 1. The quantitative estimate of drug-likeness (QED) is 0.539. The molecule has 2 atom stereocenters. The summed E-state index contributed by atoms with van der Waals surface area (Å²) in [5, 5.41) is 18.1. The Labute approximate surface area is 128 Å². The highest BCUT2D eigenvalue weighted by Crippen LogP contribution is 2.48. The molecule has 0 bridgehead atoms. The molecule has 0 spiro atoms. The number of benzene rings is 2. The summed E-state index contributed by atoms with van der Waals surface area (Å²) in [6.45, 7) is 0. The lowest BCUT2D eigenvalue weighted by Gasteiger charge is -2.20. The topological polar surface area (TPSA) is 131 Å². The third-order valence-electron chi connectivity index (χ3n) is 4.14. The van der Waals surface area contributed by atoms with Crippen LogP contribution in [0.1, 0.15) is 28.7 Å². The molecule has 6 nitrogen and oxygen atoms in total. The Balaban J connectivity index is 2.18. The number of nitrogens with two attached hydrogens (primary N) is 3. The highest BCUT2D eigenvalue weighted by atomic mass is 16.5. The third-order valence-corrected chi connectivity index (χ3v) is 4.14. The number of phenolic OH excluding ortho intramolecular Hbond substituents is 1. The summed E-state index contributed by atoms with van der Waals surface area (Å²) in [6, 6.07) is 7.68. The summed E-state index contributed by atoms with van der Waals surface area (Å²) in [4.78, 5) is 0. The minimum atomic E-state index is -0.482. The van der Waals surface area contributed by atoms with Crippen molar-refractivity contribution < 1.29 is 9.84 Å². The zero-order chi connectivity index (χ0) is 16.0. The molecule has 0 aliphatic heterocycles. The van der Waals surface area contributed by atoms with Crippen LogP contribution in [-0.4, -0.2) is 17.9 Å². The van der Waals surface area contributed by atoms with Crippen LogP contribution in [0.4, 0.5) is 11.4 Å². The summed E-state index contributed by atoms with van der Waals surface area (Å²) in [6.07, 6.45) is 0. The van der Waals surface area contributed by atoms with Gasteiger partial charge in [0, 0.05) is 46.1 Å². The van der Waals surface area contributed by atoms with E-state index in [1.807, 2.05) is 0 Å². The fourth-order valence-electron chi connectivity index (χ4n) is 3.12. The van der Waals surface area contributed by atoms with E-state index in [0.717, 1.165) is 5.56 Å². The number of phenols is 1. The van der Waals surface area contributed by atoms with E-state index in [9.17, 15) is 5.11 Å². The van der Waals surface area contributed by atoms with Gasteiger partial charge in [0.05, 0.1) is 12.8 Å². The Kier molecular flexibility index (Phi) is 3.18. The van der Waals surface area contributed by atoms with Crippen molar-refractivity contribution in [2.75, 3.05) is 18.6 Å². The van der Waals surface area contributed by atoms with Gasteiger partial charge in [-0.3, -0.25) is 0 Å². The van der Waals surface area contributed by atoms with E-state index in [2.05, 4.69) is 0 Å². The summed E-state index contributed by atoms with van der Waals surface area (Å²) in [5.41, 5.74) is 21.7. The number of anilines is 2. The van der Waals surface area contributed by atoms with E-state index in [-0.39, 0.29) is 5.75 Å². The van der Waals surface area contributed by atoms with E-state index in [0.29, 0.717) is 34.0 Å². The maximum absolute atomic E-state index is 9.60. The molecule has 0 saturated heterocycles. The number of methoxy groups -OCH3 is 1. The molecule has 2 aromatic rings. The van der Waals surface area contributed by atoms with Gasteiger partial charge < -0.3 is 32.5 Å². The number of hydrogen-bond acceptors (Lipinski definition) is 6. The number of rotatable bonds is 2. The highest BCUT2D eigenvalue weighted by Gasteiger charge is 2.40. The third kappa shape index (κ3) is 1.88. The predicted molar refractivity (Wildman–Crippen MR) is 86.4 cm³/mol. The first-order chi connectivity index (χ1) is 10.5. The minimum absolute atomic E-state index is 0.0928. The first kappa shape index (κ1) is 14.2. The van der Waals surface area contributed by atoms with E-state index in [4.69, 9.17) is 27.3 Å². The maximum Gasteiger partial charge on any atom is 0.126 e. The molecule has 22 heavy (non-hydrogen) atoms. The molecule has 0 heterocycles. The Morgan fingerprint density at radius 3 is 2.45 bits per heavy atom. The fourth-order valence-corrected chi connectivity index (χ4v) is 3.12. The maximum atomic E-state index is 9.60. The van der Waals surface area contributed by atoms with Crippen molar-refractivity contribution in [1.29, 1.82) is 5.41 Å². The van der Waals surface area contributed by atoms with Crippen molar-refractivity contribution in [2.24, 2.45) is 5.73 Å². The van der Waals surface area contributed by atoms with E-state index >= 15 is 0 Å². The summed E-state index contributed by atoms with van der Waals surface area (Å²) < 4.78 is 5.32. The van der Waals surface area contributed by atoms with Crippen LogP contribution in [-0.2, 0) is 0 Å². The van der Waals surface area contributed by atoms with E-state index < -0.39 is 12.0 Å². The van der Waals surface area contributed by atoms with Crippen molar-refractivity contribution in [3.63, 3.8) is 0 Å². The molecular formula is C16H18N4O2. The molecule has 8 N–H and O–H groups in total. The summed E-state index contributed by atoms with van der Waals surface area (Å²) in [7, 11) is 1.51. The van der Waals surface area contributed by atoms with Gasteiger partial charge in [-0.2, -0.15) is 0 Å². The standard InChI is InChI=1S/C16H18N4O2/c1-22-11-6-7(21)2-3-8(11)12-15(19)13-9(17)4-5-10(18)14(13)16(12)20/h2-6,12,15,20-21H,17-19H2,1H3. The Bertz CT molecular complexity index is 773. The van der Waals surface area contributed by atoms with Crippen LogP contribution >= 0.6 is 0 Å². The molecule has 0 radical (unpaired) electrons. The molecule has 0 saturated carbocycles. The number of hydrogen-bond donors (Lipinski definition) is 5. The zero-order valence-corrected chi connectivity index (χ0v) is 12.1. The lowest BCUT2D eigenvalue weighted by Crippen LogP contribution is -2.19. The van der Waals surface area contributed by atoms with Gasteiger partial charge in [-0.1, -0.05) is 6.07 Å². The van der Waals surface area contributed by atoms with Gasteiger partial charge in [-0.25, -0.2) is 0 Å². The van der Waals surface area contributed by atoms with E-state index in [1.54, 1.807) is 24.3 Å². The van der Waals surface area contributed by atoms with Gasteiger partial charge in [0.25, 0.3) is 0 Å². The first-order valence-electron chi connectivity index (χ1n) is 6.84. The van der Waals surface area contributed by atoms with Gasteiger partial charge in [0.2, 0.25) is 0 Å². The smallest absolute Gasteiger partial charge is 0.126 e. The molecule has 0 amide bonds. The predicted octanol–water partition coefficient (Wildman–Crippen LogP) is 1.73. The lowest BCUT2D eigenvalue weighted by molar-refractivity contribution is 0.400. The second kappa shape index (κ2) is 4.92. The van der Waals surface area contributed by atoms with Crippen LogP contribution in [0.15, 0.2) is 30.3 Å². The van der Waals surface area contributed by atoms with Crippen molar-refractivity contribution in [2.45, 2.75) is 12.0 Å². The number of aromatic hydroxyl groups is 1. The Morgan fingerprint density at radius 2 is 1.82 bits per heavy atom. The number of nitrogen functional groups attached to an aromatic ring is 2. The van der Waals surface area contributed by atoms with Crippen LogP contribution in [0.2, 0.25) is 0 Å². The van der Waals surface area contributed by atoms with Crippen molar-refractivity contribution in [1.82, 2.24) is 0 Å². The van der Waals surface area contributed by atoms with Gasteiger partial charge in [0.15, 0.2) is 0 Å². The molecule has 114 valence electrons. The SMILES string of the molecule is COc1cc(O)ccc1C1C(=N)c2c(N)ccc(N)c2C1N.